The van der Waals surface area contributed by atoms with E-state index in [1.54, 1.807) is 24.3 Å². The fraction of sp³-hybridized carbons (Fsp3) is 0.444. The average Bonchev–Trinajstić information content (AvgIpc) is 3.70. The van der Waals surface area contributed by atoms with Crippen LogP contribution >= 0.6 is 10.6 Å². The van der Waals surface area contributed by atoms with Crippen molar-refractivity contribution in [1.82, 2.24) is 0 Å². The molecule has 9 nitrogen and oxygen atoms in total. The zero-order chi connectivity index (χ0) is 26.6. The highest BCUT2D eigenvalue weighted by Gasteiger charge is 2.35. The fourth-order valence-electron chi connectivity index (χ4n) is 5.12. The molecule has 198 valence electrons. The number of hydrogen-bond acceptors (Lipinski definition) is 6. The van der Waals surface area contributed by atoms with Crippen molar-refractivity contribution in [1.29, 1.82) is 5.26 Å². The molecule has 10 heteroatoms. The number of nitrogens with zero attached hydrogens (tertiary/aromatic N) is 2. The molecule has 0 radical (unpaired) electrons. The molecule has 1 aliphatic carbocycles. The molecular weight excluding hydrogens is 492 g/mol. The van der Waals surface area contributed by atoms with Gasteiger partial charge in [0, 0.05) is 29.8 Å². The van der Waals surface area contributed by atoms with Crippen molar-refractivity contribution < 1.29 is 23.8 Å². The third-order valence-corrected chi connectivity index (χ3v) is 8.98. The van der Waals surface area contributed by atoms with E-state index in [9.17, 15) is 23.8 Å². The van der Waals surface area contributed by atoms with Gasteiger partial charge in [0.05, 0.1) is 29.4 Å². The second kappa shape index (κ2) is 11.4. The summed E-state index contributed by atoms with van der Waals surface area (Å²) in [5.41, 5.74) is 3.32. The van der Waals surface area contributed by atoms with E-state index in [0.717, 1.165) is 24.1 Å². The molecule has 1 atom stereocenters. The van der Waals surface area contributed by atoms with Gasteiger partial charge in [0.25, 0.3) is 0 Å². The molecule has 2 amide bonds. The second-order valence-electron chi connectivity index (χ2n) is 9.81. The molecule has 2 fully saturated rings. The third kappa shape index (κ3) is 6.95. The molecule has 0 spiro atoms. The number of carboxylic acid groups (broad SMARTS) is 1. The van der Waals surface area contributed by atoms with Crippen LogP contribution in [0.1, 0.15) is 56.1 Å². The van der Waals surface area contributed by atoms with E-state index in [-0.39, 0.29) is 18.4 Å². The predicted molar refractivity (Wildman–Crippen MR) is 147 cm³/mol. The summed E-state index contributed by atoms with van der Waals surface area (Å²) in [7, 11) is -2.52. The first-order valence-corrected chi connectivity index (χ1v) is 14.5. The SMILES string of the molecule is CCN(c1ccc(C(CC(=O)O)C2CC2)cc1NC(=O)Nc1ccc(C#N)cc1)C1CCS(O)(O)CC1. The zero-order valence-electron chi connectivity index (χ0n) is 20.9. The van der Waals surface area contributed by atoms with E-state index in [4.69, 9.17) is 5.26 Å². The van der Waals surface area contributed by atoms with Crippen LogP contribution in [0.4, 0.5) is 21.9 Å². The van der Waals surface area contributed by atoms with E-state index >= 15 is 0 Å². The van der Waals surface area contributed by atoms with Crippen LogP contribution in [-0.4, -0.2) is 50.3 Å². The number of nitrogens with one attached hydrogen (secondary N) is 2. The Labute approximate surface area is 218 Å². The van der Waals surface area contributed by atoms with Crippen LogP contribution in [0.25, 0.3) is 0 Å². The number of anilines is 3. The Hall–Kier alpha value is -3.26. The summed E-state index contributed by atoms with van der Waals surface area (Å²) in [4.78, 5) is 26.7. The maximum absolute atomic E-state index is 13.0. The minimum absolute atomic E-state index is 0.0405. The number of rotatable bonds is 9. The highest BCUT2D eigenvalue weighted by Crippen LogP contribution is 2.48. The van der Waals surface area contributed by atoms with Crippen LogP contribution in [0.2, 0.25) is 0 Å². The molecular formula is C27H34N4O5S. The van der Waals surface area contributed by atoms with Crippen LogP contribution in [0, 0.1) is 17.2 Å². The molecule has 1 saturated carbocycles. The van der Waals surface area contributed by atoms with Crippen molar-refractivity contribution >= 4 is 39.7 Å². The molecule has 2 aromatic carbocycles. The topological polar surface area (TPSA) is 146 Å². The summed E-state index contributed by atoms with van der Waals surface area (Å²) in [6.45, 7) is 2.69. The number of amides is 2. The van der Waals surface area contributed by atoms with Gasteiger partial charge in [-0.25, -0.2) is 4.79 Å². The van der Waals surface area contributed by atoms with E-state index in [0.29, 0.717) is 53.7 Å². The van der Waals surface area contributed by atoms with Crippen molar-refractivity contribution in [2.45, 2.75) is 51.0 Å². The number of carbonyl (C=O) groups excluding carboxylic acids is 1. The highest BCUT2D eigenvalue weighted by molar-refractivity contribution is 8.24. The van der Waals surface area contributed by atoms with E-state index < -0.39 is 22.6 Å². The number of carboxylic acids is 1. The van der Waals surface area contributed by atoms with Gasteiger partial charge in [0.2, 0.25) is 0 Å². The molecule has 0 aromatic heterocycles. The summed E-state index contributed by atoms with van der Waals surface area (Å²) in [6.07, 6.45) is 3.31. The monoisotopic (exact) mass is 526 g/mol. The van der Waals surface area contributed by atoms with Crippen LogP contribution in [0.15, 0.2) is 42.5 Å². The zero-order valence-corrected chi connectivity index (χ0v) is 21.7. The molecule has 4 rings (SSSR count). The number of hydrogen-bond donors (Lipinski definition) is 5. The Morgan fingerprint density at radius 1 is 1.08 bits per heavy atom. The lowest BCUT2D eigenvalue weighted by molar-refractivity contribution is -0.137. The van der Waals surface area contributed by atoms with Gasteiger partial charge in [-0.3, -0.25) is 13.9 Å². The first kappa shape index (κ1) is 26.8. The van der Waals surface area contributed by atoms with Crippen molar-refractivity contribution in [3.63, 3.8) is 0 Å². The Morgan fingerprint density at radius 3 is 2.32 bits per heavy atom. The molecule has 5 N–H and O–H groups in total. The number of aliphatic carboxylic acids is 1. The van der Waals surface area contributed by atoms with Gasteiger partial charge in [0.15, 0.2) is 0 Å². The van der Waals surface area contributed by atoms with Crippen LogP contribution < -0.4 is 15.5 Å². The van der Waals surface area contributed by atoms with Crippen LogP contribution in [0.5, 0.6) is 0 Å². The van der Waals surface area contributed by atoms with Gasteiger partial charge in [-0.1, -0.05) is 6.07 Å². The second-order valence-corrected chi connectivity index (χ2v) is 12.2. The number of urea groups is 1. The smallest absolute Gasteiger partial charge is 0.323 e. The molecule has 37 heavy (non-hydrogen) atoms. The fourth-order valence-corrected chi connectivity index (χ4v) is 6.63. The summed E-state index contributed by atoms with van der Waals surface area (Å²) in [5, 5.41) is 24.2. The molecule has 0 bridgehead atoms. The van der Waals surface area contributed by atoms with E-state index in [2.05, 4.69) is 15.5 Å². The Bertz CT molecular complexity index is 1170. The summed E-state index contributed by atoms with van der Waals surface area (Å²) in [6, 6.07) is 14.1. The number of nitriles is 1. The summed E-state index contributed by atoms with van der Waals surface area (Å²) < 4.78 is 20.2. The first-order valence-electron chi connectivity index (χ1n) is 12.6. The molecule has 2 aromatic rings. The van der Waals surface area contributed by atoms with Crippen molar-refractivity contribution in [3.8, 4) is 6.07 Å². The lowest BCUT2D eigenvalue weighted by Crippen LogP contribution is -2.40. The normalized spacial score (nSPS) is 18.8. The van der Waals surface area contributed by atoms with Crippen molar-refractivity contribution in [2.75, 3.05) is 33.6 Å². The largest absolute Gasteiger partial charge is 0.481 e. The quantitative estimate of drug-likeness (QED) is 0.273. The lowest BCUT2D eigenvalue weighted by Gasteiger charge is -2.44. The van der Waals surface area contributed by atoms with Crippen LogP contribution in [-0.2, 0) is 4.79 Å². The highest BCUT2D eigenvalue weighted by atomic mass is 32.3. The molecule has 1 heterocycles. The van der Waals surface area contributed by atoms with Gasteiger partial charge < -0.3 is 20.6 Å². The molecule has 1 aliphatic heterocycles. The summed E-state index contributed by atoms with van der Waals surface area (Å²) in [5.74, 6) is 0.0811. The minimum Gasteiger partial charge on any atom is -0.481 e. The van der Waals surface area contributed by atoms with E-state index in [1.807, 2.05) is 31.2 Å². The predicted octanol–water partition coefficient (Wildman–Crippen LogP) is 5.91. The van der Waals surface area contributed by atoms with Gasteiger partial charge >= 0.3 is 12.0 Å². The maximum Gasteiger partial charge on any atom is 0.323 e. The van der Waals surface area contributed by atoms with Gasteiger partial charge in [0.1, 0.15) is 0 Å². The third-order valence-electron chi connectivity index (χ3n) is 7.20. The van der Waals surface area contributed by atoms with Crippen LogP contribution in [0.3, 0.4) is 0 Å². The molecule has 1 unspecified atom stereocenters. The Balaban J connectivity index is 1.62. The van der Waals surface area contributed by atoms with Crippen molar-refractivity contribution in [2.24, 2.45) is 5.92 Å². The lowest BCUT2D eigenvalue weighted by atomic mass is 9.90. The maximum atomic E-state index is 13.0. The Morgan fingerprint density at radius 2 is 1.76 bits per heavy atom. The Kier molecular flexibility index (Phi) is 8.27. The van der Waals surface area contributed by atoms with Gasteiger partial charge in [-0.05, 0) is 86.4 Å². The summed E-state index contributed by atoms with van der Waals surface area (Å²) >= 11 is 0. The molecule has 2 aliphatic rings. The number of carbonyl (C=O) groups is 2. The van der Waals surface area contributed by atoms with E-state index in [1.165, 1.54) is 0 Å². The molecule has 1 saturated heterocycles. The minimum atomic E-state index is -2.52. The number of benzene rings is 2. The average molecular weight is 527 g/mol. The first-order chi connectivity index (χ1) is 17.7. The standard InChI is InChI=1S/C27H34N4O5S/c1-2-31(22-11-13-37(35,36)14-12-22)25-10-7-20(23(16-26(32)33)19-5-6-19)15-24(25)30-27(34)29-21-8-3-18(17-28)4-9-21/h3-4,7-10,15,19,22-23,35-36H,2,5-6,11-14,16H2,1H3,(H,32,33)(H2,29,30,34). The van der Waals surface area contributed by atoms with Crippen molar-refractivity contribution in [3.05, 3.63) is 53.6 Å². The van der Waals surface area contributed by atoms with Gasteiger partial charge in [-0.15, -0.1) is 0 Å². The van der Waals surface area contributed by atoms with Gasteiger partial charge in [-0.2, -0.15) is 15.9 Å².